The van der Waals surface area contributed by atoms with Gasteiger partial charge in [-0.2, -0.15) is 0 Å². The minimum absolute atomic E-state index is 0.0870. The molecule has 0 spiro atoms. The molecule has 104 valence electrons. The summed E-state index contributed by atoms with van der Waals surface area (Å²) in [7, 11) is 0. The molecule has 4 nitrogen and oxygen atoms in total. The Morgan fingerprint density at radius 1 is 1.30 bits per heavy atom. The van der Waals surface area contributed by atoms with Crippen LogP contribution in [-0.2, 0) is 5.33 Å². The van der Waals surface area contributed by atoms with Crippen LogP contribution in [0, 0.1) is 15.9 Å². The zero-order valence-corrected chi connectivity index (χ0v) is 12.3. The van der Waals surface area contributed by atoms with Gasteiger partial charge in [0.1, 0.15) is 17.3 Å². The van der Waals surface area contributed by atoms with Crippen LogP contribution in [-0.4, -0.2) is 4.92 Å². The number of alkyl halides is 1. The van der Waals surface area contributed by atoms with Crippen LogP contribution in [0.4, 0.5) is 10.1 Å². The summed E-state index contributed by atoms with van der Waals surface area (Å²) < 4.78 is 19.1. The number of hydrogen-bond donors (Lipinski definition) is 0. The topological polar surface area (TPSA) is 52.4 Å². The Labute approximate surface area is 127 Å². The van der Waals surface area contributed by atoms with Crippen molar-refractivity contribution in [3.8, 4) is 11.5 Å². The molecular formula is C13H8BrClFNO3. The summed E-state index contributed by atoms with van der Waals surface area (Å²) in [6, 6.07) is 8.26. The van der Waals surface area contributed by atoms with Gasteiger partial charge in [-0.3, -0.25) is 10.1 Å². The number of nitrogens with zero attached hydrogens (tertiary/aromatic N) is 1. The molecule has 20 heavy (non-hydrogen) atoms. The monoisotopic (exact) mass is 359 g/mol. The molecule has 0 amide bonds. The second-order valence-corrected chi connectivity index (χ2v) is 4.79. The molecule has 2 aromatic carbocycles. The normalized spacial score (nSPS) is 10.3. The van der Waals surface area contributed by atoms with Gasteiger partial charge in [-0.15, -0.1) is 0 Å². The smallest absolute Gasteiger partial charge is 0.271 e. The van der Waals surface area contributed by atoms with E-state index in [4.69, 9.17) is 16.3 Å². The summed E-state index contributed by atoms with van der Waals surface area (Å²) in [5.74, 6) is 0.125. The van der Waals surface area contributed by atoms with Crippen molar-refractivity contribution in [2.24, 2.45) is 0 Å². The van der Waals surface area contributed by atoms with Gasteiger partial charge >= 0.3 is 0 Å². The van der Waals surface area contributed by atoms with Gasteiger partial charge in [0.2, 0.25) is 0 Å². The summed E-state index contributed by atoms with van der Waals surface area (Å²) >= 11 is 9.10. The van der Waals surface area contributed by atoms with Gasteiger partial charge in [0.25, 0.3) is 5.69 Å². The molecule has 0 aromatic heterocycles. The Morgan fingerprint density at radius 3 is 2.65 bits per heavy atom. The number of nitro benzene ring substituents is 1. The molecule has 0 aliphatic rings. The SMILES string of the molecule is O=[N+]([O-])c1ccc(Oc2cccc(F)c2CBr)c(Cl)c1. The van der Waals surface area contributed by atoms with Crippen molar-refractivity contribution in [3.63, 3.8) is 0 Å². The van der Waals surface area contributed by atoms with E-state index < -0.39 is 10.7 Å². The lowest BCUT2D eigenvalue weighted by molar-refractivity contribution is -0.384. The second kappa shape index (κ2) is 6.19. The van der Waals surface area contributed by atoms with Crippen molar-refractivity contribution in [3.05, 3.63) is 62.9 Å². The predicted octanol–water partition coefficient (Wildman–Crippen LogP) is 5.07. The van der Waals surface area contributed by atoms with Gasteiger partial charge in [0.15, 0.2) is 0 Å². The first-order valence-corrected chi connectivity index (χ1v) is 6.98. The van der Waals surface area contributed by atoms with Crippen molar-refractivity contribution in [1.29, 1.82) is 0 Å². The zero-order chi connectivity index (χ0) is 14.7. The van der Waals surface area contributed by atoms with Crippen LogP contribution in [0.3, 0.4) is 0 Å². The summed E-state index contributed by atoms with van der Waals surface area (Å²) in [5.41, 5.74) is 0.212. The highest BCUT2D eigenvalue weighted by Crippen LogP contribution is 2.34. The van der Waals surface area contributed by atoms with Gasteiger partial charge < -0.3 is 4.74 Å². The van der Waals surface area contributed by atoms with Gasteiger partial charge in [-0.1, -0.05) is 33.6 Å². The number of ether oxygens (including phenoxy) is 1. The fraction of sp³-hybridized carbons (Fsp3) is 0.0769. The number of benzene rings is 2. The fourth-order valence-electron chi connectivity index (χ4n) is 1.57. The molecule has 0 fully saturated rings. The van der Waals surface area contributed by atoms with Gasteiger partial charge in [0, 0.05) is 23.0 Å². The van der Waals surface area contributed by atoms with E-state index in [9.17, 15) is 14.5 Å². The molecule has 0 bridgehead atoms. The summed E-state index contributed by atoms with van der Waals surface area (Å²) in [5, 5.41) is 11.0. The molecular weight excluding hydrogens is 353 g/mol. The highest BCUT2D eigenvalue weighted by atomic mass is 79.9. The molecule has 0 heterocycles. The molecule has 2 aromatic rings. The lowest BCUT2D eigenvalue weighted by atomic mass is 10.2. The molecule has 0 saturated carbocycles. The Balaban J connectivity index is 2.36. The Bertz CT molecular complexity index is 666. The number of hydrogen-bond acceptors (Lipinski definition) is 3. The molecule has 0 unspecified atom stereocenters. The van der Waals surface area contributed by atoms with Crippen LogP contribution < -0.4 is 4.74 Å². The Kier molecular flexibility index (Phi) is 4.57. The van der Waals surface area contributed by atoms with Crippen molar-refractivity contribution in [1.82, 2.24) is 0 Å². The van der Waals surface area contributed by atoms with E-state index in [1.807, 2.05) is 0 Å². The van der Waals surface area contributed by atoms with E-state index in [1.54, 1.807) is 6.07 Å². The maximum atomic E-state index is 13.6. The molecule has 2 rings (SSSR count). The standard InChI is InChI=1S/C13H8BrClFNO3/c14-7-9-11(16)2-1-3-12(9)20-13-5-4-8(17(18)19)6-10(13)15/h1-6H,7H2. The van der Waals surface area contributed by atoms with Gasteiger partial charge in [-0.05, 0) is 18.2 Å². The second-order valence-electron chi connectivity index (χ2n) is 3.82. The maximum Gasteiger partial charge on any atom is 0.271 e. The average Bonchev–Trinajstić information content (AvgIpc) is 2.41. The quantitative estimate of drug-likeness (QED) is 0.434. The maximum absolute atomic E-state index is 13.6. The van der Waals surface area contributed by atoms with Crippen LogP contribution in [0.15, 0.2) is 36.4 Å². The van der Waals surface area contributed by atoms with Crippen molar-refractivity contribution in [2.45, 2.75) is 5.33 Å². The lowest BCUT2D eigenvalue weighted by Gasteiger charge is -2.11. The first-order valence-electron chi connectivity index (χ1n) is 5.48. The zero-order valence-electron chi connectivity index (χ0n) is 9.98. The first kappa shape index (κ1) is 14.7. The predicted molar refractivity (Wildman–Crippen MR) is 77.2 cm³/mol. The summed E-state index contributed by atoms with van der Waals surface area (Å²) in [6.07, 6.45) is 0. The van der Waals surface area contributed by atoms with Crippen LogP contribution in [0.25, 0.3) is 0 Å². The van der Waals surface area contributed by atoms with Crippen LogP contribution in [0.2, 0.25) is 5.02 Å². The van der Waals surface area contributed by atoms with E-state index >= 15 is 0 Å². The first-order chi connectivity index (χ1) is 9.52. The molecule has 0 saturated heterocycles. The van der Waals surface area contributed by atoms with E-state index in [1.165, 1.54) is 30.3 Å². The van der Waals surface area contributed by atoms with Gasteiger partial charge in [-0.25, -0.2) is 4.39 Å². The molecule has 0 aliphatic heterocycles. The number of non-ortho nitro benzene ring substituents is 1. The third kappa shape index (κ3) is 3.08. The molecule has 0 aliphatic carbocycles. The lowest BCUT2D eigenvalue weighted by Crippen LogP contribution is -1.94. The van der Waals surface area contributed by atoms with Crippen LogP contribution in [0.5, 0.6) is 11.5 Å². The highest BCUT2D eigenvalue weighted by Gasteiger charge is 2.14. The Hall–Kier alpha value is -1.66. The van der Waals surface area contributed by atoms with E-state index in [0.29, 0.717) is 11.3 Å². The highest BCUT2D eigenvalue weighted by molar-refractivity contribution is 9.08. The molecule has 0 N–H and O–H groups in total. The fourth-order valence-corrected chi connectivity index (χ4v) is 2.33. The number of rotatable bonds is 4. The Morgan fingerprint density at radius 2 is 2.05 bits per heavy atom. The van der Waals surface area contributed by atoms with Gasteiger partial charge in [0.05, 0.1) is 9.95 Å². The van der Waals surface area contributed by atoms with Crippen LogP contribution >= 0.6 is 27.5 Å². The third-order valence-electron chi connectivity index (χ3n) is 2.56. The van der Waals surface area contributed by atoms with Crippen molar-refractivity contribution >= 4 is 33.2 Å². The number of halogens is 3. The average molecular weight is 361 g/mol. The third-order valence-corrected chi connectivity index (χ3v) is 3.41. The van der Waals surface area contributed by atoms with E-state index in [-0.39, 0.29) is 21.8 Å². The largest absolute Gasteiger partial charge is 0.455 e. The summed E-state index contributed by atoms with van der Waals surface area (Å²) in [4.78, 5) is 10.1. The number of nitro groups is 1. The molecule has 7 heteroatoms. The van der Waals surface area contributed by atoms with Crippen molar-refractivity contribution in [2.75, 3.05) is 0 Å². The van der Waals surface area contributed by atoms with Crippen LogP contribution in [0.1, 0.15) is 5.56 Å². The minimum atomic E-state index is -0.554. The molecule has 0 radical (unpaired) electrons. The van der Waals surface area contributed by atoms with E-state index in [2.05, 4.69) is 15.9 Å². The van der Waals surface area contributed by atoms with Crippen molar-refractivity contribution < 1.29 is 14.1 Å². The minimum Gasteiger partial charge on any atom is -0.455 e. The molecule has 0 atom stereocenters. The summed E-state index contributed by atoms with van der Waals surface area (Å²) in [6.45, 7) is 0. The van der Waals surface area contributed by atoms with E-state index in [0.717, 1.165) is 0 Å².